The fourth-order valence-corrected chi connectivity index (χ4v) is 1.04. The van der Waals surface area contributed by atoms with E-state index < -0.39 is 0 Å². The van der Waals surface area contributed by atoms with Crippen molar-refractivity contribution in [2.45, 2.75) is 0 Å². The second-order valence-corrected chi connectivity index (χ2v) is 2.51. The maximum absolute atomic E-state index is 4.01. The minimum absolute atomic E-state index is 0.975. The summed E-state index contributed by atoms with van der Waals surface area (Å²) in [6.45, 7) is 3.83. The quantitative estimate of drug-likeness (QED) is 0.628. The van der Waals surface area contributed by atoms with E-state index in [2.05, 4.69) is 17.0 Å². The molecule has 1 aromatic carbocycles. The molecule has 0 aliphatic rings. The third kappa shape index (κ3) is 1.21. The summed E-state index contributed by atoms with van der Waals surface area (Å²) in [4.78, 5) is 3.86. The molecule has 3 heteroatoms. The van der Waals surface area contributed by atoms with E-state index in [1.807, 2.05) is 24.3 Å². The van der Waals surface area contributed by atoms with Gasteiger partial charge in [-0.2, -0.15) is 5.10 Å². The summed E-state index contributed by atoms with van der Waals surface area (Å²) in [6.07, 6.45) is 3.17. The van der Waals surface area contributed by atoms with Crippen molar-refractivity contribution < 1.29 is 0 Å². The zero-order valence-corrected chi connectivity index (χ0v) is 6.51. The summed E-state index contributed by atoms with van der Waals surface area (Å²) in [6, 6.07) is 7.80. The molecule has 12 heavy (non-hydrogen) atoms. The van der Waals surface area contributed by atoms with Gasteiger partial charge in [0.15, 0.2) is 0 Å². The van der Waals surface area contributed by atoms with Crippen molar-refractivity contribution >= 4 is 0 Å². The van der Waals surface area contributed by atoms with Gasteiger partial charge < -0.3 is 0 Å². The minimum Gasteiger partial charge on any atom is -0.223 e. The summed E-state index contributed by atoms with van der Waals surface area (Å²) in [5, 5.41) is 4.01. The normalized spacial score (nSPS) is 10.1. The van der Waals surface area contributed by atoms with E-state index in [1.165, 1.54) is 6.33 Å². The van der Waals surface area contributed by atoms with E-state index in [0.717, 1.165) is 11.3 Å². The Morgan fingerprint density at radius 3 is 2.92 bits per heavy atom. The molecule has 2 rings (SSSR count). The van der Waals surface area contributed by atoms with Crippen LogP contribution in [-0.2, 0) is 0 Å². The SMILES string of the molecule is [CH2]c1cccc(-n2cncn2)c1. The zero-order valence-electron chi connectivity index (χ0n) is 6.51. The molecule has 0 amide bonds. The minimum atomic E-state index is 0.975. The largest absolute Gasteiger partial charge is 0.223 e. The second kappa shape index (κ2) is 2.77. The molecular formula is C9H8N3. The molecule has 1 radical (unpaired) electrons. The van der Waals surface area contributed by atoms with Gasteiger partial charge in [0, 0.05) is 0 Å². The lowest BCUT2D eigenvalue weighted by atomic mass is 10.2. The summed E-state index contributed by atoms with van der Waals surface area (Å²) in [5.74, 6) is 0. The predicted octanol–water partition coefficient (Wildman–Crippen LogP) is 1.45. The Morgan fingerprint density at radius 1 is 1.33 bits per heavy atom. The van der Waals surface area contributed by atoms with Crippen LogP contribution >= 0.6 is 0 Å². The predicted molar refractivity (Wildman–Crippen MR) is 45.8 cm³/mol. The summed E-state index contributed by atoms with van der Waals surface area (Å²) in [5.41, 5.74) is 1.96. The zero-order chi connectivity index (χ0) is 8.39. The lowest BCUT2D eigenvalue weighted by Crippen LogP contribution is -1.93. The van der Waals surface area contributed by atoms with Gasteiger partial charge in [-0.25, -0.2) is 9.67 Å². The molecule has 59 valence electrons. The van der Waals surface area contributed by atoms with Gasteiger partial charge in [0.2, 0.25) is 0 Å². The van der Waals surface area contributed by atoms with Crippen LogP contribution < -0.4 is 0 Å². The Balaban J connectivity index is 2.48. The molecule has 0 atom stereocenters. The van der Waals surface area contributed by atoms with Gasteiger partial charge in [0.25, 0.3) is 0 Å². The van der Waals surface area contributed by atoms with Crippen LogP contribution in [0.25, 0.3) is 5.69 Å². The van der Waals surface area contributed by atoms with Gasteiger partial charge in [0.05, 0.1) is 5.69 Å². The number of benzene rings is 1. The molecule has 2 aromatic rings. The third-order valence-electron chi connectivity index (χ3n) is 1.59. The van der Waals surface area contributed by atoms with E-state index in [0.29, 0.717) is 0 Å². The monoisotopic (exact) mass is 158 g/mol. The Kier molecular flexibility index (Phi) is 1.63. The first-order valence-corrected chi connectivity index (χ1v) is 3.63. The van der Waals surface area contributed by atoms with Crippen molar-refractivity contribution in [1.82, 2.24) is 14.8 Å². The van der Waals surface area contributed by atoms with Crippen LogP contribution in [0.4, 0.5) is 0 Å². The molecule has 0 spiro atoms. The Bertz CT molecular complexity index is 365. The molecule has 0 fully saturated rings. The Hall–Kier alpha value is -1.64. The number of rotatable bonds is 1. The van der Waals surface area contributed by atoms with Crippen LogP contribution in [0.2, 0.25) is 0 Å². The summed E-state index contributed by atoms with van der Waals surface area (Å²) >= 11 is 0. The van der Waals surface area contributed by atoms with Gasteiger partial charge >= 0.3 is 0 Å². The van der Waals surface area contributed by atoms with Crippen LogP contribution in [0.15, 0.2) is 36.9 Å². The van der Waals surface area contributed by atoms with E-state index >= 15 is 0 Å². The lowest BCUT2D eigenvalue weighted by Gasteiger charge is -1.99. The van der Waals surface area contributed by atoms with Crippen LogP contribution in [0, 0.1) is 6.92 Å². The van der Waals surface area contributed by atoms with E-state index in [1.54, 1.807) is 11.0 Å². The number of aromatic nitrogens is 3. The molecule has 1 aromatic heterocycles. The maximum Gasteiger partial charge on any atom is 0.138 e. The topological polar surface area (TPSA) is 30.7 Å². The Labute approximate surface area is 70.7 Å². The van der Waals surface area contributed by atoms with E-state index in [-0.39, 0.29) is 0 Å². The van der Waals surface area contributed by atoms with Crippen molar-refractivity contribution in [3.63, 3.8) is 0 Å². The molecule has 3 nitrogen and oxygen atoms in total. The third-order valence-corrected chi connectivity index (χ3v) is 1.59. The van der Waals surface area contributed by atoms with Crippen LogP contribution in [0.5, 0.6) is 0 Å². The summed E-state index contributed by atoms with van der Waals surface area (Å²) in [7, 11) is 0. The highest BCUT2D eigenvalue weighted by atomic mass is 15.3. The molecule has 0 aliphatic heterocycles. The lowest BCUT2D eigenvalue weighted by molar-refractivity contribution is 0.878. The molecule has 0 unspecified atom stereocenters. The first-order chi connectivity index (χ1) is 5.86. The fraction of sp³-hybridized carbons (Fsp3) is 0. The summed E-state index contributed by atoms with van der Waals surface area (Å²) < 4.78 is 1.70. The number of hydrogen-bond donors (Lipinski definition) is 0. The van der Waals surface area contributed by atoms with Gasteiger partial charge in [0.1, 0.15) is 12.7 Å². The molecule has 0 N–H and O–H groups in total. The van der Waals surface area contributed by atoms with Crippen molar-refractivity contribution in [1.29, 1.82) is 0 Å². The molecule has 1 heterocycles. The van der Waals surface area contributed by atoms with Gasteiger partial charge in [-0.15, -0.1) is 0 Å². The van der Waals surface area contributed by atoms with Crippen molar-refractivity contribution in [2.24, 2.45) is 0 Å². The molecule has 0 saturated carbocycles. The number of hydrogen-bond acceptors (Lipinski definition) is 2. The smallest absolute Gasteiger partial charge is 0.138 e. The van der Waals surface area contributed by atoms with Crippen molar-refractivity contribution in [2.75, 3.05) is 0 Å². The van der Waals surface area contributed by atoms with E-state index in [9.17, 15) is 0 Å². The molecule has 0 bridgehead atoms. The van der Waals surface area contributed by atoms with Gasteiger partial charge in [-0.05, 0) is 24.6 Å². The first kappa shape index (κ1) is 7.03. The molecule has 0 aliphatic carbocycles. The highest BCUT2D eigenvalue weighted by Gasteiger charge is 1.94. The van der Waals surface area contributed by atoms with Crippen molar-refractivity contribution in [3.8, 4) is 5.69 Å². The molecular weight excluding hydrogens is 150 g/mol. The van der Waals surface area contributed by atoms with Gasteiger partial charge in [-0.3, -0.25) is 0 Å². The fourth-order valence-electron chi connectivity index (χ4n) is 1.04. The average molecular weight is 158 g/mol. The standard InChI is InChI=1S/C9H8N3/c1-8-3-2-4-9(5-8)12-7-10-6-11-12/h2-7H,1H2. The highest BCUT2D eigenvalue weighted by molar-refractivity contribution is 5.35. The van der Waals surface area contributed by atoms with Crippen LogP contribution in [0.3, 0.4) is 0 Å². The Morgan fingerprint density at radius 2 is 2.25 bits per heavy atom. The van der Waals surface area contributed by atoms with Crippen LogP contribution in [0.1, 0.15) is 5.56 Å². The average Bonchev–Trinajstić information content (AvgIpc) is 2.56. The van der Waals surface area contributed by atoms with Crippen molar-refractivity contribution in [3.05, 3.63) is 49.4 Å². The van der Waals surface area contributed by atoms with E-state index in [4.69, 9.17) is 0 Å². The second-order valence-electron chi connectivity index (χ2n) is 2.51. The first-order valence-electron chi connectivity index (χ1n) is 3.63. The number of nitrogens with zero attached hydrogens (tertiary/aromatic N) is 3. The molecule has 0 saturated heterocycles. The highest BCUT2D eigenvalue weighted by Crippen LogP contribution is 2.06. The van der Waals surface area contributed by atoms with Gasteiger partial charge in [-0.1, -0.05) is 12.1 Å². The maximum atomic E-state index is 4.01. The van der Waals surface area contributed by atoms with Crippen LogP contribution in [-0.4, -0.2) is 14.8 Å².